The molecule has 0 aliphatic carbocycles. The number of anilines is 1. The molecule has 2 aromatic carbocycles. The Morgan fingerprint density at radius 2 is 1.96 bits per heavy atom. The van der Waals surface area contributed by atoms with Crippen molar-refractivity contribution in [3.63, 3.8) is 0 Å². The fourth-order valence-corrected chi connectivity index (χ4v) is 3.37. The van der Waals surface area contributed by atoms with Crippen molar-refractivity contribution in [2.45, 2.75) is 13.8 Å². The fraction of sp³-hybridized carbons (Fsp3) is 0.100. The van der Waals surface area contributed by atoms with Crippen LogP contribution in [0.25, 0.3) is 22.4 Å². The number of imidazole rings is 1. The zero-order valence-electron chi connectivity index (χ0n) is 14.4. The molecule has 26 heavy (non-hydrogen) atoms. The molecule has 0 atom stereocenters. The zero-order valence-corrected chi connectivity index (χ0v) is 16.0. The number of amides is 1. The lowest BCUT2D eigenvalue weighted by Crippen LogP contribution is -2.11. The van der Waals surface area contributed by atoms with Crippen molar-refractivity contribution in [3.8, 4) is 11.4 Å². The molecule has 0 radical (unpaired) electrons. The maximum absolute atomic E-state index is 12.3. The Bertz CT molecular complexity index is 1070. The summed E-state index contributed by atoms with van der Waals surface area (Å²) < 4.78 is 0. The van der Waals surface area contributed by atoms with Crippen LogP contribution in [0.5, 0.6) is 0 Å². The van der Waals surface area contributed by atoms with Gasteiger partial charge >= 0.3 is 0 Å². The van der Waals surface area contributed by atoms with Gasteiger partial charge in [0.05, 0.1) is 15.9 Å². The molecule has 0 fully saturated rings. The Hall–Kier alpha value is -2.63. The first-order valence-electron chi connectivity index (χ1n) is 8.02. The number of hydrogen-bond donors (Lipinski definition) is 2. The van der Waals surface area contributed by atoms with Gasteiger partial charge in [0.25, 0.3) is 5.91 Å². The molecule has 0 unspecified atom stereocenters. The van der Waals surface area contributed by atoms with Crippen LogP contribution in [0.15, 0.2) is 53.9 Å². The third kappa shape index (κ3) is 3.49. The lowest BCUT2D eigenvalue weighted by molar-refractivity contribution is 0.103. The Kier molecular flexibility index (Phi) is 5.11. The summed E-state index contributed by atoms with van der Waals surface area (Å²) >= 11 is 1.43. The van der Waals surface area contributed by atoms with E-state index in [9.17, 15) is 4.79 Å². The molecule has 2 heterocycles. The maximum Gasteiger partial charge on any atom is 0.265 e. The molecule has 2 N–H and O–H groups in total. The minimum Gasteiger partial charge on any atom is -0.338 e. The van der Waals surface area contributed by atoms with E-state index in [4.69, 9.17) is 0 Å². The van der Waals surface area contributed by atoms with Gasteiger partial charge in [0.15, 0.2) is 0 Å². The topological polar surface area (TPSA) is 57.8 Å². The lowest BCUT2D eigenvalue weighted by Gasteiger charge is -2.09. The number of nitrogens with one attached hydrogen (secondary N) is 2. The van der Waals surface area contributed by atoms with Crippen molar-refractivity contribution >= 4 is 46.4 Å². The Balaban J connectivity index is 0.00000196. The standard InChI is InChI=1S/C20H17N3OS.ClH/c1-12-5-8-15-17(10-12)22-19(21-15)14-7-6-13(2)16(11-14)23-20(24)18-4-3-9-25-18;/h3-11H,1-2H3,(H,21,22)(H,23,24);1H. The summed E-state index contributed by atoms with van der Waals surface area (Å²) in [5, 5.41) is 4.89. The molecule has 6 heteroatoms. The van der Waals surface area contributed by atoms with Crippen LogP contribution in [0.2, 0.25) is 0 Å². The quantitative estimate of drug-likeness (QED) is 0.485. The van der Waals surface area contributed by atoms with E-state index in [0.717, 1.165) is 33.7 Å². The van der Waals surface area contributed by atoms with Gasteiger partial charge in [0, 0.05) is 11.3 Å². The molecule has 4 rings (SSSR count). The van der Waals surface area contributed by atoms with Gasteiger partial charge in [0.1, 0.15) is 5.82 Å². The number of thiophene rings is 1. The second-order valence-electron chi connectivity index (χ2n) is 6.07. The number of fused-ring (bicyclic) bond motifs is 1. The van der Waals surface area contributed by atoms with Crippen LogP contribution in [0.3, 0.4) is 0 Å². The summed E-state index contributed by atoms with van der Waals surface area (Å²) in [4.78, 5) is 21.0. The van der Waals surface area contributed by atoms with Gasteiger partial charge < -0.3 is 10.3 Å². The molecular formula is C20H18ClN3OS. The number of aryl methyl sites for hydroxylation is 2. The van der Waals surface area contributed by atoms with E-state index < -0.39 is 0 Å². The summed E-state index contributed by atoms with van der Waals surface area (Å²) in [5.74, 6) is 0.711. The van der Waals surface area contributed by atoms with Gasteiger partial charge in [-0.15, -0.1) is 23.7 Å². The highest BCUT2D eigenvalue weighted by molar-refractivity contribution is 7.12. The summed E-state index contributed by atoms with van der Waals surface area (Å²) in [6, 6.07) is 15.8. The predicted molar refractivity (Wildman–Crippen MR) is 111 cm³/mol. The van der Waals surface area contributed by atoms with E-state index in [1.54, 1.807) is 0 Å². The average Bonchev–Trinajstić information content (AvgIpc) is 3.25. The van der Waals surface area contributed by atoms with Crippen molar-refractivity contribution in [2.24, 2.45) is 0 Å². The van der Waals surface area contributed by atoms with E-state index in [2.05, 4.69) is 34.3 Å². The lowest BCUT2D eigenvalue weighted by atomic mass is 10.1. The average molecular weight is 384 g/mol. The summed E-state index contributed by atoms with van der Waals surface area (Å²) in [6.45, 7) is 4.04. The number of aromatic amines is 1. The molecule has 0 aliphatic heterocycles. The summed E-state index contributed by atoms with van der Waals surface area (Å²) in [5.41, 5.74) is 5.90. The molecule has 132 valence electrons. The first-order chi connectivity index (χ1) is 12.1. The van der Waals surface area contributed by atoms with E-state index in [1.165, 1.54) is 16.9 Å². The normalized spacial score (nSPS) is 10.5. The number of aromatic nitrogens is 2. The number of H-pyrrole nitrogens is 1. The van der Waals surface area contributed by atoms with Crippen molar-refractivity contribution in [1.29, 1.82) is 0 Å². The van der Waals surface area contributed by atoms with Gasteiger partial charge in [-0.3, -0.25) is 4.79 Å². The molecule has 0 saturated carbocycles. The van der Waals surface area contributed by atoms with Gasteiger partial charge in [-0.05, 0) is 54.6 Å². The predicted octanol–water partition coefficient (Wildman–Crippen LogP) is 5.58. The van der Waals surface area contributed by atoms with E-state index in [0.29, 0.717) is 4.88 Å². The second-order valence-corrected chi connectivity index (χ2v) is 7.01. The van der Waals surface area contributed by atoms with Crippen LogP contribution in [-0.2, 0) is 0 Å². The molecular weight excluding hydrogens is 366 g/mol. The van der Waals surface area contributed by atoms with Crippen LogP contribution in [0, 0.1) is 13.8 Å². The molecule has 2 aromatic heterocycles. The number of nitrogens with zero attached hydrogens (tertiary/aromatic N) is 1. The number of carbonyl (C=O) groups is 1. The fourth-order valence-electron chi connectivity index (χ4n) is 2.76. The van der Waals surface area contributed by atoms with Gasteiger partial charge in [-0.2, -0.15) is 0 Å². The second kappa shape index (κ2) is 7.32. The smallest absolute Gasteiger partial charge is 0.265 e. The number of carbonyl (C=O) groups excluding carboxylic acids is 1. The SMILES string of the molecule is Cc1ccc2nc(-c3ccc(C)c(NC(=O)c4cccs4)c3)[nH]c2c1.Cl. The van der Waals surface area contributed by atoms with Gasteiger partial charge in [-0.25, -0.2) is 4.98 Å². The molecule has 0 bridgehead atoms. The minimum absolute atomic E-state index is 0. The van der Waals surface area contributed by atoms with Crippen LogP contribution in [-0.4, -0.2) is 15.9 Å². The van der Waals surface area contributed by atoms with Crippen LogP contribution < -0.4 is 5.32 Å². The molecule has 4 nitrogen and oxygen atoms in total. The van der Waals surface area contributed by atoms with Crippen LogP contribution in [0.4, 0.5) is 5.69 Å². The maximum atomic E-state index is 12.3. The number of hydrogen-bond acceptors (Lipinski definition) is 3. The number of halogens is 1. The van der Waals surface area contributed by atoms with E-state index in [-0.39, 0.29) is 18.3 Å². The number of benzene rings is 2. The van der Waals surface area contributed by atoms with E-state index >= 15 is 0 Å². The third-order valence-corrected chi connectivity index (χ3v) is 5.01. The molecule has 4 aromatic rings. The highest BCUT2D eigenvalue weighted by Gasteiger charge is 2.11. The van der Waals surface area contributed by atoms with Crippen LogP contribution in [0.1, 0.15) is 20.8 Å². The minimum atomic E-state index is -0.0875. The number of rotatable bonds is 3. The largest absolute Gasteiger partial charge is 0.338 e. The first kappa shape index (κ1) is 18.2. The zero-order chi connectivity index (χ0) is 17.4. The highest BCUT2D eigenvalue weighted by atomic mass is 35.5. The van der Waals surface area contributed by atoms with Crippen molar-refractivity contribution in [1.82, 2.24) is 9.97 Å². The molecule has 0 aliphatic rings. The van der Waals surface area contributed by atoms with Crippen molar-refractivity contribution < 1.29 is 4.79 Å². The van der Waals surface area contributed by atoms with Crippen molar-refractivity contribution in [2.75, 3.05) is 5.32 Å². The van der Waals surface area contributed by atoms with E-state index in [1.807, 2.05) is 48.7 Å². The van der Waals surface area contributed by atoms with Gasteiger partial charge in [0.2, 0.25) is 0 Å². The Morgan fingerprint density at radius 3 is 2.73 bits per heavy atom. The summed E-state index contributed by atoms with van der Waals surface area (Å²) in [6.07, 6.45) is 0. The Morgan fingerprint density at radius 1 is 1.12 bits per heavy atom. The Labute approximate surface area is 161 Å². The summed E-state index contributed by atoms with van der Waals surface area (Å²) in [7, 11) is 0. The molecule has 0 saturated heterocycles. The van der Waals surface area contributed by atoms with Gasteiger partial charge in [-0.1, -0.05) is 24.3 Å². The van der Waals surface area contributed by atoms with Crippen LogP contribution >= 0.6 is 23.7 Å². The highest BCUT2D eigenvalue weighted by Crippen LogP contribution is 2.26. The first-order valence-corrected chi connectivity index (χ1v) is 8.90. The monoisotopic (exact) mass is 383 g/mol. The molecule has 1 amide bonds. The molecule has 0 spiro atoms. The third-order valence-electron chi connectivity index (χ3n) is 4.14. The van der Waals surface area contributed by atoms with Crippen molar-refractivity contribution in [3.05, 3.63) is 69.9 Å².